The van der Waals surface area contributed by atoms with Crippen molar-refractivity contribution in [3.05, 3.63) is 29.8 Å². The fraction of sp³-hybridized carbons (Fsp3) is 0.647. The van der Waals surface area contributed by atoms with Crippen molar-refractivity contribution in [2.45, 2.75) is 39.2 Å². The van der Waals surface area contributed by atoms with Gasteiger partial charge in [0.15, 0.2) is 0 Å². The van der Waals surface area contributed by atoms with Gasteiger partial charge in [-0.1, -0.05) is 38.3 Å². The summed E-state index contributed by atoms with van der Waals surface area (Å²) in [4.78, 5) is 0. The minimum absolute atomic E-state index is 0.634. The zero-order chi connectivity index (χ0) is 14.0. The molecule has 112 valence electrons. The highest BCUT2D eigenvalue weighted by molar-refractivity contribution is 5.28. The first-order valence-corrected chi connectivity index (χ1v) is 7.88. The van der Waals surface area contributed by atoms with E-state index in [-0.39, 0.29) is 0 Å². The van der Waals surface area contributed by atoms with Gasteiger partial charge < -0.3 is 14.8 Å². The van der Waals surface area contributed by atoms with E-state index in [0.29, 0.717) is 13.2 Å². The van der Waals surface area contributed by atoms with Crippen LogP contribution in [-0.2, 0) is 11.3 Å². The van der Waals surface area contributed by atoms with Crippen LogP contribution in [-0.4, -0.2) is 26.4 Å². The first-order chi connectivity index (χ1) is 9.88. The molecule has 1 aliphatic carbocycles. The lowest BCUT2D eigenvalue weighted by molar-refractivity contribution is 0.0812. The molecule has 3 heteroatoms. The maximum atomic E-state index is 5.72. The summed E-state index contributed by atoms with van der Waals surface area (Å²) in [5, 5.41) is 3.32. The van der Waals surface area contributed by atoms with Gasteiger partial charge in [-0.25, -0.2) is 0 Å². The highest BCUT2D eigenvalue weighted by atomic mass is 16.5. The van der Waals surface area contributed by atoms with Crippen LogP contribution in [0.1, 0.15) is 38.2 Å². The average molecular weight is 277 g/mol. The SMILES string of the molecule is CCNCc1cccc(OCCOCCC2CCC2)c1. The third-order valence-electron chi connectivity index (χ3n) is 3.87. The summed E-state index contributed by atoms with van der Waals surface area (Å²) >= 11 is 0. The lowest BCUT2D eigenvalue weighted by Gasteiger charge is -2.24. The van der Waals surface area contributed by atoms with E-state index in [1.54, 1.807) is 0 Å². The molecule has 0 saturated heterocycles. The van der Waals surface area contributed by atoms with Crippen molar-refractivity contribution >= 4 is 0 Å². The van der Waals surface area contributed by atoms with Crippen LogP contribution in [0.15, 0.2) is 24.3 Å². The molecule has 0 atom stereocenters. The largest absolute Gasteiger partial charge is 0.491 e. The van der Waals surface area contributed by atoms with Gasteiger partial charge >= 0.3 is 0 Å². The number of ether oxygens (including phenoxy) is 2. The van der Waals surface area contributed by atoms with Crippen LogP contribution in [0.25, 0.3) is 0 Å². The predicted octanol–water partition coefficient (Wildman–Crippen LogP) is 3.38. The van der Waals surface area contributed by atoms with E-state index < -0.39 is 0 Å². The van der Waals surface area contributed by atoms with Gasteiger partial charge in [-0.2, -0.15) is 0 Å². The van der Waals surface area contributed by atoms with Crippen molar-refractivity contribution in [2.24, 2.45) is 5.92 Å². The zero-order valence-electron chi connectivity index (χ0n) is 12.6. The molecule has 0 bridgehead atoms. The number of hydrogen-bond acceptors (Lipinski definition) is 3. The Labute approximate surface area is 122 Å². The molecule has 0 unspecified atom stereocenters. The molecule has 1 fully saturated rings. The van der Waals surface area contributed by atoms with Gasteiger partial charge in [-0.15, -0.1) is 0 Å². The van der Waals surface area contributed by atoms with E-state index in [1.807, 2.05) is 12.1 Å². The van der Waals surface area contributed by atoms with Crippen molar-refractivity contribution in [1.29, 1.82) is 0 Å². The van der Waals surface area contributed by atoms with E-state index in [9.17, 15) is 0 Å². The molecular weight excluding hydrogens is 250 g/mol. The van der Waals surface area contributed by atoms with Gasteiger partial charge in [-0.3, -0.25) is 0 Å². The maximum absolute atomic E-state index is 5.72. The number of rotatable bonds is 10. The monoisotopic (exact) mass is 277 g/mol. The fourth-order valence-electron chi connectivity index (χ4n) is 2.37. The number of benzene rings is 1. The number of nitrogens with one attached hydrogen (secondary N) is 1. The minimum atomic E-state index is 0.634. The Morgan fingerprint density at radius 1 is 1.20 bits per heavy atom. The lowest BCUT2D eigenvalue weighted by atomic mass is 9.83. The smallest absolute Gasteiger partial charge is 0.119 e. The van der Waals surface area contributed by atoms with Crippen molar-refractivity contribution < 1.29 is 9.47 Å². The quantitative estimate of drug-likeness (QED) is 0.665. The molecule has 0 heterocycles. The van der Waals surface area contributed by atoms with Crippen molar-refractivity contribution in [3.8, 4) is 5.75 Å². The number of hydrogen-bond donors (Lipinski definition) is 1. The molecule has 1 aromatic rings. The predicted molar refractivity (Wildman–Crippen MR) is 82.1 cm³/mol. The molecule has 2 rings (SSSR count). The molecule has 1 aliphatic rings. The molecule has 0 aliphatic heterocycles. The van der Waals surface area contributed by atoms with Crippen molar-refractivity contribution in [2.75, 3.05) is 26.4 Å². The highest BCUT2D eigenvalue weighted by Crippen LogP contribution is 2.29. The van der Waals surface area contributed by atoms with E-state index in [4.69, 9.17) is 9.47 Å². The molecule has 0 radical (unpaired) electrons. The van der Waals surface area contributed by atoms with Gasteiger partial charge in [0.25, 0.3) is 0 Å². The van der Waals surface area contributed by atoms with E-state index in [1.165, 1.54) is 31.2 Å². The Morgan fingerprint density at radius 2 is 2.10 bits per heavy atom. The Bertz CT molecular complexity index is 377. The third kappa shape index (κ3) is 5.51. The van der Waals surface area contributed by atoms with Gasteiger partial charge in [0.05, 0.1) is 6.61 Å². The van der Waals surface area contributed by atoms with E-state index >= 15 is 0 Å². The Balaban J connectivity index is 1.55. The average Bonchev–Trinajstić information content (AvgIpc) is 2.42. The first-order valence-electron chi connectivity index (χ1n) is 7.88. The Morgan fingerprint density at radius 3 is 2.85 bits per heavy atom. The van der Waals surface area contributed by atoms with Crippen LogP contribution in [0.3, 0.4) is 0 Å². The van der Waals surface area contributed by atoms with Gasteiger partial charge in [0.2, 0.25) is 0 Å². The second-order valence-corrected chi connectivity index (χ2v) is 5.47. The van der Waals surface area contributed by atoms with Crippen LogP contribution >= 0.6 is 0 Å². The molecule has 1 aromatic carbocycles. The Hall–Kier alpha value is -1.06. The maximum Gasteiger partial charge on any atom is 0.119 e. The van der Waals surface area contributed by atoms with Crippen molar-refractivity contribution in [1.82, 2.24) is 5.32 Å². The highest BCUT2D eigenvalue weighted by Gasteiger charge is 2.16. The van der Waals surface area contributed by atoms with Gasteiger partial charge in [0.1, 0.15) is 12.4 Å². The van der Waals surface area contributed by atoms with E-state index in [0.717, 1.165) is 31.4 Å². The molecule has 20 heavy (non-hydrogen) atoms. The van der Waals surface area contributed by atoms with Crippen molar-refractivity contribution in [3.63, 3.8) is 0 Å². The standard InChI is InChI=1S/C17H27NO2/c1-2-18-14-16-7-4-8-17(13-16)20-12-11-19-10-9-15-5-3-6-15/h4,7-8,13,15,18H,2-3,5-6,9-12,14H2,1H3. The van der Waals surface area contributed by atoms with Crippen LogP contribution in [0.5, 0.6) is 5.75 Å². The van der Waals surface area contributed by atoms with Gasteiger partial charge in [-0.05, 0) is 36.6 Å². The zero-order valence-corrected chi connectivity index (χ0v) is 12.6. The summed E-state index contributed by atoms with van der Waals surface area (Å²) in [6, 6.07) is 8.25. The van der Waals surface area contributed by atoms with Crippen LogP contribution < -0.4 is 10.1 Å². The summed E-state index contributed by atoms with van der Waals surface area (Å²) in [5.74, 6) is 1.86. The molecule has 0 aromatic heterocycles. The third-order valence-corrected chi connectivity index (χ3v) is 3.87. The van der Waals surface area contributed by atoms with E-state index in [2.05, 4.69) is 24.4 Å². The topological polar surface area (TPSA) is 30.5 Å². The Kier molecular flexibility index (Phi) is 6.89. The molecular formula is C17H27NO2. The lowest BCUT2D eigenvalue weighted by Crippen LogP contribution is -2.15. The summed E-state index contributed by atoms with van der Waals surface area (Å²) in [5.41, 5.74) is 1.26. The summed E-state index contributed by atoms with van der Waals surface area (Å²) in [6.45, 7) is 6.20. The fourth-order valence-corrected chi connectivity index (χ4v) is 2.37. The van der Waals surface area contributed by atoms with Gasteiger partial charge in [0, 0.05) is 13.2 Å². The normalized spacial score (nSPS) is 15.1. The summed E-state index contributed by atoms with van der Waals surface area (Å²) in [7, 11) is 0. The molecule has 3 nitrogen and oxygen atoms in total. The minimum Gasteiger partial charge on any atom is -0.491 e. The van der Waals surface area contributed by atoms with Crippen LogP contribution in [0.4, 0.5) is 0 Å². The summed E-state index contributed by atoms with van der Waals surface area (Å²) < 4.78 is 11.3. The molecule has 1 N–H and O–H groups in total. The second-order valence-electron chi connectivity index (χ2n) is 5.47. The molecule has 1 saturated carbocycles. The van der Waals surface area contributed by atoms with Crippen LogP contribution in [0.2, 0.25) is 0 Å². The second kappa shape index (κ2) is 8.98. The van der Waals surface area contributed by atoms with Crippen LogP contribution in [0, 0.1) is 5.92 Å². The summed E-state index contributed by atoms with van der Waals surface area (Å²) in [6.07, 6.45) is 5.44. The molecule has 0 amide bonds. The molecule has 0 spiro atoms. The first kappa shape index (κ1) is 15.3.